The van der Waals surface area contributed by atoms with Crippen molar-refractivity contribution in [1.29, 1.82) is 0 Å². The van der Waals surface area contributed by atoms with Crippen molar-refractivity contribution >= 4 is 0 Å². The van der Waals surface area contributed by atoms with Crippen molar-refractivity contribution in [1.82, 2.24) is 5.32 Å². The van der Waals surface area contributed by atoms with Gasteiger partial charge in [-0.1, -0.05) is 0 Å². The molecule has 1 fully saturated rings. The summed E-state index contributed by atoms with van der Waals surface area (Å²) in [7, 11) is 1.77. The summed E-state index contributed by atoms with van der Waals surface area (Å²) in [5.74, 6) is 2.96. The van der Waals surface area contributed by atoms with Gasteiger partial charge in [-0.05, 0) is 69.3 Å². The van der Waals surface area contributed by atoms with Gasteiger partial charge < -0.3 is 14.8 Å². The first-order chi connectivity index (χ1) is 9.76. The smallest absolute Gasteiger partial charge is 0.123 e. The zero-order chi connectivity index (χ0) is 13.9. The van der Waals surface area contributed by atoms with E-state index in [1.807, 2.05) is 0 Å². The van der Waals surface area contributed by atoms with Gasteiger partial charge in [0.15, 0.2) is 0 Å². The van der Waals surface area contributed by atoms with Gasteiger partial charge in [0, 0.05) is 12.0 Å². The number of methoxy groups -OCH3 is 1. The van der Waals surface area contributed by atoms with Crippen LogP contribution in [0.2, 0.25) is 0 Å². The Morgan fingerprint density at radius 1 is 1.30 bits per heavy atom. The summed E-state index contributed by atoms with van der Waals surface area (Å²) in [5, 5.41) is 3.43. The van der Waals surface area contributed by atoms with Crippen LogP contribution in [-0.4, -0.2) is 26.3 Å². The third kappa shape index (κ3) is 2.93. The van der Waals surface area contributed by atoms with E-state index in [0.29, 0.717) is 6.10 Å². The predicted molar refractivity (Wildman–Crippen MR) is 80.7 cm³/mol. The average molecular weight is 275 g/mol. The molecule has 3 nitrogen and oxygen atoms in total. The lowest BCUT2D eigenvalue weighted by atomic mass is 9.91. The molecule has 1 aromatic carbocycles. The number of piperidine rings is 1. The van der Waals surface area contributed by atoms with Crippen molar-refractivity contribution in [2.24, 2.45) is 5.92 Å². The Balaban J connectivity index is 1.70. The first-order valence-electron chi connectivity index (χ1n) is 7.83. The van der Waals surface area contributed by atoms with Crippen LogP contribution in [0, 0.1) is 5.92 Å². The molecule has 0 saturated carbocycles. The number of rotatable bonds is 4. The quantitative estimate of drug-likeness (QED) is 0.916. The highest BCUT2D eigenvalue weighted by Gasteiger charge is 2.22. The van der Waals surface area contributed by atoms with E-state index in [-0.39, 0.29) is 0 Å². The Morgan fingerprint density at radius 3 is 2.85 bits per heavy atom. The van der Waals surface area contributed by atoms with Gasteiger partial charge in [-0.25, -0.2) is 0 Å². The van der Waals surface area contributed by atoms with Crippen LogP contribution < -0.4 is 14.8 Å². The number of hydrogen-bond acceptors (Lipinski definition) is 3. The molecular formula is C17H25NO2. The van der Waals surface area contributed by atoms with Crippen molar-refractivity contribution in [3.05, 3.63) is 23.3 Å². The third-order valence-electron chi connectivity index (χ3n) is 4.58. The molecular weight excluding hydrogens is 250 g/mol. The van der Waals surface area contributed by atoms with Gasteiger partial charge in [0.25, 0.3) is 0 Å². The molecule has 0 amide bonds. The molecule has 0 aromatic heterocycles. The molecule has 1 aromatic rings. The van der Waals surface area contributed by atoms with Crippen LogP contribution in [0.5, 0.6) is 11.5 Å². The molecule has 0 radical (unpaired) electrons. The van der Waals surface area contributed by atoms with Gasteiger partial charge in [0.05, 0.1) is 7.11 Å². The molecule has 3 rings (SSSR count). The minimum atomic E-state index is 0.300. The van der Waals surface area contributed by atoms with Gasteiger partial charge in [0.2, 0.25) is 0 Å². The second-order valence-corrected chi connectivity index (χ2v) is 6.14. The summed E-state index contributed by atoms with van der Waals surface area (Å²) in [5.41, 5.74) is 2.60. The lowest BCUT2D eigenvalue weighted by Gasteiger charge is -2.22. The molecule has 20 heavy (non-hydrogen) atoms. The maximum Gasteiger partial charge on any atom is 0.123 e. The van der Waals surface area contributed by atoms with Crippen molar-refractivity contribution in [2.75, 3.05) is 20.2 Å². The van der Waals surface area contributed by atoms with Crippen LogP contribution in [0.25, 0.3) is 0 Å². The molecule has 1 unspecified atom stereocenters. The van der Waals surface area contributed by atoms with Crippen LogP contribution >= 0.6 is 0 Å². The lowest BCUT2D eigenvalue weighted by Crippen LogP contribution is -2.27. The van der Waals surface area contributed by atoms with E-state index >= 15 is 0 Å². The molecule has 110 valence electrons. The average Bonchev–Trinajstić information content (AvgIpc) is 2.84. The summed E-state index contributed by atoms with van der Waals surface area (Å²) in [6, 6.07) is 4.38. The monoisotopic (exact) mass is 275 g/mol. The molecule has 1 saturated heterocycles. The molecule has 0 bridgehead atoms. The fourth-order valence-electron chi connectivity index (χ4n) is 3.40. The summed E-state index contributed by atoms with van der Waals surface area (Å²) < 4.78 is 11.5. The van der Waals surface area contributed by atoms with Crippen LogP contribution in [0.4, 0.5) is 0 Å². The van der Waals surface area contributed by atoms with Crippen molar-refractivity contribution < 1.29 is 9.47 Å². The summed E-state index contributed by atoms with van der Waals surface area (Å²) >= 11 is 0. The molecule has 1 N–H and O–H groups in total. The predicted octanol–water partition coefficient (Wildman–Crippen LogP) is 2.95. The zero-order valence-corrected chi connectivity index (χ0v) is 12.6. The largest absolute Gasteiger partial charge is 0.496 e. The second kappa shape index (κ2) is 6.04. The minimum Gasteiger partial charge on any atom is -0.496 e. The second-order valence-electron chi connectivity index (χ2n) is 6.14. The van der Waals surface area contributed by atoms with E-state index in [4.69, 9.17) is 9.47 Å². The molecule has 2 aliphatic rings. The van der Waals surface area contributed by atoms with Crippen LogP contribution in [-0.2, 0) is 12.8 Å². The minimum absolute atomic E-state index is 0.300. The number of nitrogens with one attached hydrogen (secondary N) is 1. The fourth-order valence-corrected chi connectivity index (χ4v) is 3.40. The third-order valence-corrected chi connectivity index (χ3v) is 4.58. The van der Waals surface area contributed by atoms with E-state index in [9.17, 15) is 0 Å². The first kappa shape index (κ1) is 13.7. The summed E-state index contributed by atoms with van der Waals surface area (Å²) in [6.45, 7) is 4.47. The Hall–Kier alpha value is -1.22. The van der Waals surface area contributed by atoms with Gasteiger partial charge in [-0.15, -0.1) is 0 Å². The highest BCUT2D eigenvalue weighted by molar-refractivity contribution is 5.48. The Labute approximate surface area is 121 Å². The summed E-state index contributed by atoms with van der Waals surface area (Å²) in [6.07, 6.45) is 6.27. The Morgan fingerprint density at radius 2 is 2.10 bits per heavy atom. The number of fused-ring (bicyclic) bond motifs is 1. The molecule has 0 aliphatic carbocycles. The van der Waals surface area contributed by atoms with Gasteiger partial charge in [-0.3, -0.25) is 0 Å². The molecule has 1 atom stereocenters. The van der Waals surface area contributed by atoms with E-state index in [2.05, 4.69) is 24.4 Å². The molecule has 2 aliphatic heterocycles. The summed E-state index contributed by atoms with van der Waals surface area (Å²) in [4.78, 5) is 0. The number of aryl methyl sites for hydroxylation is 1. The fraction of sp³-hybridized carbons (Fsp3) is 0.647. The highest BCUT2D eigenvalue weighted by Crippen LogP contribution is 2.36. The normalized spacial score (nSPS) is 22.4. The Bertz CT molecular complexity index is 466. The van der Waals surface area contributed by atoms with Gasteiger partial charge in [-0.2, -0.15) is 0 Å². The van der Waals surface area contributed by atoms with Gasteiger partial charge >= 0.3 is 0 Å². The number of benzene rings is 1. The van der Waals surface area contributed by atoms with E-state index in [1.54, 1.807) is 7.11 Å². The molecule has 2 heterocycles. The topological polar surface area (TPSA) is 30.5 Å². The SMILES string of the molecule is COc1cc2c(cc1CCC1CCNCC1)OC(C)C2. The van der Waals surface area contributed by atoms with Crippen molar-refractivity contribution in [3.8, 4) is 11.5 Å². The maximum absolute atomic E-state index is 5.87. The van der Waals surface area contributed by atoms with E-state index < -0.39 is 0 Å². The maximum atomic E-state index is 5.87. The van der Waals surface area contributed by atoms with Crippen LogP contribution in [0.3, 0.4) is 0 Å². The van der Waals surface area contributed by atoms with Gasteiger partial charge in [0.1, 0.15) is 17.6 Å². The van der Waals surface area contributed by atoms with E-state index in [1.165, 1.54) is 43.5 Å². The lowest BCUT2D eigenvalue weighted by molar-refractivity contribution is 0.254. The standard InChI is InChI=1S/C17H25NO2/c1-12-9-15-11-16(19-2)14(10-17(15)20-12)4-3-13-5-7-18-8-6-13/h10-13,18H,3-9H2,1-2H3. The molecule has 3 heteroatoms. The van der Waals surface area contributed by atoms with Crippen molar-refractivity contribution in [3.63, 3.8) is 0 Å². The van der Waals surface area contributed by atoms with Crippen LogP contribution in [0.1, 0.15) is 37.3 Å². The van der Waals surface area contributed by atoms with E-state index in [0.717, 1.165) is 30.3 Å². The molecule has 0 spiro atoms. The number of ether oxygens (including phenoxy) is 2. The first-order valence-corrected chi connectivity index (χ1v) is 7.83. The van der Waals surface area contributed by atoms with Crippen LogP contribution in [0.15, 0.2) is 12.1 Å². The Kier molecular flexibility index (Phi) is 4.16. The number of hydrogen-bond donors (Lipinski definition) is 1. The van der Waals surface area contributed by atoms with Crippen molar-refractivity contribution in [2.45, 2.75) is 45.1 Å². The zero-order valence-electron chi connectivity index (χ0n) is 12.6. The highest BCUT2D eigenvalue weighted by atomic mass is 16.5.